The molecule has 34 heavy (non-hydrogen) atoms. The fourth-order valence-electron chi connectivity index (χ4n) is 5.92. The zero-order valence-corrected chi connectivity index (χ0v) is 20.3. The van der Waals surface area contributed by atoms with Gasteiger partial charge in [-0.1, -0.05) is 25.5 Å². The average Bonchev–Trinajstić information content (AvgIpc) is 3.43. The normalized spacial score (nSPS) is 26.5. The largest absolute Gasteiger partial charge is 0.376 e. The van der Waals surface area contributed by atoms with Gasteiger partial charge in [0.15, 0.2) is 0 Å². The Hall–Kier alpha value is -2.58. The Balaban J connectivity index is 1.26. The molecular formula is C26H35N5O3. The molecule has 0 unspecified atom stereocenters. The number of piperidine rings is 1. The van der Waals surface area contributed by atoms with E-state index in [0.29, 0.717) is 19.6 Å². The quantitative estimate of drug-likeness (QED) is 0.631. The van der Waals surface area contributed by atoms with Crippen molar-refractivity contribution < 1.29 is 14.3 Å². The molecule has 0 spiro atoms. The molecule has 1 aromatic carbocycles. The number of para-hydroxylation sites is 2. The van der Waals surface area contributed by atoms with E-state index in [9.17, 15) is 9.59 Å². The van der Waals surface area contributed by atoms with Crippen LogP contribution in [0.4, 0.5) is 4.79 Å². The van der Waals surface area contributed by atoms with Gasteiger partial charge < -0.3 is 10.1 Å². The molecule has 2 atom stereocenters. The zero-order valence-electron chi connectivity index (χ0n) is 20.3. The fraction of sp³-hybridized carbons (Fsp3) is 0.615. The summed E-state index contributed by atoms with van der Waals surface area (Å²) in [5, 5.41) is 3.15. The number of rotatable bonds is 7. The number of likely N-dealkylation sites (tertiary alicyclic amines) is 1. The number of fused-ring (bicyclic) bond motifs is 1. The summed E-state index contributed by atoms with van der Waals surface area (Å²) in [4.78, 5) is 39.9. The first-order valence-electron chi connectivity index (χ1n) is 12.7. The third kappa shape index (κ3) is 4.29. The number of aromatic nitrogens is 2. The van der Waals surface area contributed by atoms with Crippen molar-refractivity contribution in [2.45, 2.75) is 70.6 Å². The van der Waals surface area contributed by atoms with Crippen molar-refractivity contribution in [1.29, 1.82) is 0 Å². The molecule has 8 heteroatoms. The third-order valence-corrected chi connectivity index (χ3v) is 7.76. The minimum atomic E-state index is -0.783. The van der Waals surface area contributed by atoms with Gasteiger partial charge in [0.25, 0.3) is 5.91 Å². The number of hydrogen-bond donors (Lipinski definition) is 1. The Morgan fingerprint density at radius 3 is 2.53 bits per heavy atom. The van der Waals surface area contributed by atoms with E-state index >= 15 is 0 Å². The summed E-state index contributed by atoms with van der Waals surface area (Å²) in [6, 6.07) is 7.72. The Labute approximate surface area is 201 Å². The summed E-state index contributed by atoms with van der Waals surface area (Å²) in [5.74, 6) is 0.0861. The van der Waals surface area contributed by atoms with Crippen LogP contribution < -0.4 is 5.32 Å². The molecule has 0 bridgehead atoms. The second-order valence-corrected chi connectivity index (χ2v) is 10.00. The Morgan fingerprint density at radius 2 is 1.85 bits per heavy atom. The van der Waals surface area contributed by atoms with Gasteiger partial charge in [-0.2, -0.15) is 0 Å². The summed E-state index contributed by atoms with van der Waals surface area (Å²) in [5.41, 5.74) is 3.03. The topological polar surface area (TPSA) is 87.7 Å². The average molecular weight is 466 g/mol. The number of nitrogens with one attached hydrogen (secondary N) is 1. The van der Waals surface area contributed by atoms with Crippen molar-refractivity contribution in [1.82, 2.24) is 25.1 Å². The van der Waals surface area contributed by atoms with E-state index in [0.717, 1.165) is 74.2 Å². The Kier molecular flexibility index (Phi) is 6.53. The standard InChI is InChI=1S/C26H35N5O3/c1-3-12-26(24(32)31(25(33)29-26)16-20-7-6-15-34-20)19-10-13-30(14-11-19)17-23-18(2)27-21-8-4-5-9-22(21)28-23/h4-5,8-9,19-20H,3,6-7,10-17H2,1-2H3,(H,29,33)/t20-,26+/m0/s1. The van der Waals surface area contributed by atoms with Crippen LogP contribution in [-0.2, 0) is 16.1 Å². The summed E-state index contributed by atoms with van der Waals surface area (Å²) < 4.78 is 5.70. The van der Waals surface area contributed by atoms with E-state index in [2.05, 4.69) is 17.1 Å². The van der Waals surface area contributed by atoms with Gasteiger partial charge in [-0.25, -0.2) is 14.8 Å². The van der Waals surface area contributed by atoms with Crippen molar-refractivity contribution in [3.8, 4) is 0 Å². The van der Waals surface area contributed by atoms with E-state index in [1.54, 1.807) is 0 Å². The predicted octanol–water partition coefficient (Wildman–Crippen LogP) is 3.42. The van der Waals surface area contributed by atoms with Gasteiger partial charge in [-0.05, 0) is 70.2 Å². The van der Waals surface area contributed by atoms with E-state index < -0.39 is 5.54 Å². The molecule has 8 nitrogen and oxygen atoms in total. The van der Waals surface area contributed by atoms with E-state index in [4.69, 9.17) is 14.7 Å². The van der Waals surface area contributed by atoms with Crippen molar-refractivity contribution >= 4 is 23.0 Å². The maximum Gasteiger partial charge on any atom is 0.325 e. The number of imide groups is 1. The lowest BCUT2D eigenvalue weighted by molar-refractivity contribution is -0.135. The molecule has 2 aromatic rings. The molecule has 0 aliphatic carbocycles. The van der Waals surface area contributed by atoms with Crippen LogP contribution in [0.25, 0.3) is 11.0 Å². The van der Waals surface area contributed by atoms with Gasteiger partial charge in [0.1, 0.15) is 5.54 Å². The molecule has 1 N–H and O–H groups in total. The van der Waals surface area contributed by atoms with Gasteiger partial charge >= 0.3 is 6.03 Å². The van der Waals surface area contributed by atoms with Crippen LogP contribution in [0.3, 0.4) is 0 Å². The molecule has 3 aliphatic heterocycles. The van der Waals surface area contributed by atoms with Gasteiger partial charge in [0.05, 0.1) is 35.1 Å². The number of amides is 3. The molecule has 3 aliphatic rings. The second-order valence-electron chi connectivity index (χ2n) is 10.00. The lowest BCUT2D eigenvalue weighted by atomic mass is 9.74. The smallest absolute Gasteiger partial charge is 0.325 e. The fourth-order valence-corrected chi connectivity index (χ4v) is 5.92. The number of hydrogen-bond acceptors (Lipinski definition) is 6. The van der Waals surface area contributed by atoms with Crippen LogP contribution in [0.2, 0.25) is 0 Å². The lowest BCUT2D eigenvalue weighted by Gasteiger charge is -2.41. The first kappa shape index (κ1) is 23.2. The van der Waals surface area contributed by atoms with E-state index in [-0.39, 0.29) is 24.0 Å². The van der Waals surface area contributed by atoms with Gasteiger partial charge in [0, 0.05) is 13.2 Å². The van der Waals surface area contributed by atoms with Crippen molar-refractivity contribution in [3.63, 3.8) is 0 Å². The minimum Gasteiger partial charge on any atom is -0.376 e. The van der Waals surface area contributed by atoms with Crippen molar-refractivity contribution in [2.75, 3.05) is 26.2 Å². The molecule has 0 radical (unpaired) electrons. The summed E-state index contributed by atoms with van der Waals surface area (Å²) in [6.45, 7) is 7.69. The number of carbonyl (C=O) groups excluding carboxylic acids is 2. The number of urea groups is 1. The van der Waals surface area contributed by atoms with Gasteiger partial charge in [-0.15, -0.1) is 0 Å². The Bertz CT molecular complexity index is 1060. The SMILES string of the molecule is CCC[C@]1(C2CCN(Cc3nc4ccccc4nc3C)CC2)NC(=O)N(C[C@@H]2CCCO2)C1=O. The summed E-state index contributed by atoms with van der Waals surface area (Å²) >= 11 is 0. The first-order valence-corrected chi connectivity index (χ1v) is 12.7. The van der Waals surface area contributed by atoms with Crippen molar-refractivity contribution in [3.05, 3.63) is 35.7 Å². The predicted molar refractivity (Wildman–Crippen MR) is 129 cm³/mol. The summed E-state index contributed by atoms with van der Waals surface area (Å²) in [7, 11) is 0. The molecule has 3 fully saturated rings. The van der Waals surface area contributed by atoms with Crippen LogP contribution in [0.15, 0.2) is 24.3 Å². The Morgan fingerprint density at radius 1 is 1.12 bits per heavy atom. The highest BCUT2D eigenvalue weighted by Gasteiger charge is 2.55. The third-order valence-electron chi connectivity index (χ3n) is 7.76. The molecule has 182 valence electrons. The zero-order chi connectivity index (χ0) is 23.7. The number of ether oxygens (including phenoxy) is 1. The number of aryl methyl sites for hydroxylation is 1. The maximum atomic E-state index is 13.6. The highest BCUT2D eigenvalue weighted by molar-refractivity contribution is 6.07. The van der Waals surface area contributed by atoms with Crippen LogP contribution in [-0.4, -0.2) is 69.6 Å². The van der Waals surface area contributed by atoms with Gasteiger partial charge in [0.2, 0.25) is 0 Å². The van der Waals surface area contributed by atoms with Crippen LogP contribution in [0.1, 0.15) is 56.8 Å². The van der Waals surface area contributed by atoms with E-state index in [1.165, 1.54) is 4.90 Å². The molecule has 0 saturated carbocycles. The number of nitrogens with zero attached hydrogens (tertiary/aromatic N) is 4. The highest BCUT2D eigenvalue weighted by atomic mass is 16.5. The second kappa shape index (κ2) is 9.58. The lowest BCUT2D eigenvalue weighted by Crippen LogP contribution is -2.56. The molecule has 3 saturated heterocycles. The molecular weight excluding hydrogens is 430 g/mol. The van der Waals surface area contributed by atoms with Crippen LogP contribution in [0, 0.1) is 12.8 Å². The highest BCUT2D eigenvalue weighted by Crippen LogP contribution is 2.37. The molecule has 5 rings (SSSR count). The molecule has 1 aromatic heterocycles. The van der Waals surface area contributed by atoms with Crippen LogP contribution in [0.5, 0.6) is 0 Å². The number of carbonyl (C=O) groups is 2. The summed E-state index contributed by atoms with van der Waals surface area (Å²) in [6.07, 6.45) is 5.16. The van der Waals surface area contributed by atoms with Crippen LogP contribution >= 0.6 is 0 Å². The van der Waals surface area contributed by atoms with Gasteiger partial charge in [-0.3, -0.25) is 14.6 Å². The minimum absolute atomic E-state index is 0.0275. The monoisotopic (exact) mass is 465 g/mol. The molecule has 3 amide bonds. The number of benzene rings is 1. The maximum absolute atomic E-state index is 13.6. The van der Waals surface area contributed by atoms with Crippen molar-refractivity contribution in [2.24, 2.45) is 5.92 Å². The molecule has 4 heterocycles. The van der Waals surface area contributed by atoms with E-state index in [1.807, 2.05) is 31.2 Å². The first-order chi connectivity index (χ1) is 16.5.